The van der Waals surface area contributed by atoms with Gasteiger partial charge in [-0.1, -0.05) is 6.07 Å². The quantitative estimate of drug-likeness (QED) is 0.815. The smallest absolute Gasteiger partial charge is 0.243 e. The summed E-state index contributed by atoms with van der Waals surface area (Å²) in [4.78, 5) is 0.0910. The second-order valence-electron chi connectivity index (χ2n) is 5.84. The van der Waals surface area contributed by atoms with E-state index < -0.39 is 15.8 Å². The molecule has 0 bridgehead atoms. The molecule has 25 heavy (non-hydrogen) atoms. The summed E-state index contributed by atoms with van der Waals surface area (Å²) in [6, 6.07) is 9.96. The summed E-state index contributed by atoms with van der Waals surface area (Å²) in [6.45, 7) is 0.416. The lowest BCUT2D eigenvalue weighted by Gasteiger charge is -2.26. The Morgan fingerprint density at radius 1 is 1.08 bits per heavy atom. The van der Waals surface area contributed by atoms with Crippen molar-refractivity contribution in [3.05, 3.63) is 53.8 Å². The molecule has 0 aromatic heterocycles. The standard InChI is InChI=1S/C18H20FNO4S/c1-23-14-7-10-16(18(12-14)24-2)17-4-3-11-20(17)25(21,22)15-8-5-13(19)6-9-15/h5-10,12,17H,3-4,11H2,1-2H3/t17-/m1/s1. The molecule has 0 radical (unpaired) electrons. The first-order valence-electron chi connectivity index (χ1n) is 7.96. The van der Waals surface area contributed by atoms with Crippen molar-refractivity contribution in [3.63, 3.8) is 0 Å². The molecule has 134 valence electrons. The van der Waals surface area contributed by atoms with Gasteiger partial charge < -0.3 is 9.47 Å². The predicted octanol–water partition coefficient (Wildman–Crippen LogP) is 3.37. The van der Waals surface area contributed by atoms with E-state index in [2.05, 4.69) is 0 Å². The van der Waals surface area contributed by atoms with Crippen molar-refractivity contribution in [2.24, 2.45) is 0 Å². The van der Waals surface area contributed by atoms with Crippen LogP contribution in [0.25, 0.3) is 0 Å². The second-order valence-corrected chi connectivity index (χ2v) is 7.73. The minimum atomic E-state index is -3.71. The molecule has 0 aliphatic carbocycles. The first-order chi connectivity index (χ1) is 12.0. The van der Waals surface area contributed by atoms with Crippen molar-refractivity contribution in [2.75, 3.05) is 20.8 Å². The number of nitrogens with zero attached hydrogens (tertiary/aromatic N) is 1. The third-order valence-electron chi connectivity index (χ3n) is 4.42. The third-order valence-corrected chi connectivity index (χ3v) is 6.35. The predicted molar refractivity (Wildman–Crippen MR) is 91.8 cm³/mol. The maximum absolute atomic E-state index is 13.1. The van der Waals surface area contributed by atoms with Gasteiger partial charge in [0, 0.05) is 18.2 Å². The van der Waals surface area contributed by atoms with Crippen LogP contribution in [0.2, 0.25) is 0 Å². The minimum absolute atomic E-state index is 0.0910. The van der Waals surface area contributed by atoms with Crippen LogP contribution in [0.4, 0.5) is 4.39 Å². The van der Waals surface area contributed by atoms with Gasteiger partial charge in [0.15, 0.2) is 0 Å². The average molecular weight is 365 g/mol. The first-order valence-corrected chi connectivity index (χ1v) is 9.40. The van der Waals surface area contributed by atoms with Gasteiger partial charge in [-0.3, -0.25) is 0 Å². The lowest BCUT2D eigenvalue weighted by atomic mass is 10.0. The first kappa shape index (κ1) is 17.7. The summed E-state index contributed by atoms with van der Waals surface area (Å²) in [7, 11) is -0.601. The minimum Gasteiger partial charge on any atom is -0.497 e. The average Bonchev–Trinajstić information content (AvgIpc) is 3.12. The van der Waals surface area contributed by atoms with Crippen LogP contribution >= 0.6 is 0 Å². The van der Waals surface area contributed by atoms with Gasteiger partial charge in [-0.25, -0.2) is 12.8 Å². The lowest BCUT2D eigenvalue weighted by molar-refractivity contribution is 0.361. The summed E-state index contributed by atoms with van der Waals surface area (Å²) in [5.74, 6) is 0.769. The number of hydrogen-bond donors (Lipinski definition) is 0. The summed E-state index contributed by atoms with van der Waals surface area (Å²) < 4.78 is 51.2. The fourth-order valence-corrected chi connectivity index (χ4v) is 4.85. The molecule has 1 heterocycles. The van der Waals surface area contributed by atoms with Gasteiger partial charge in [0.25, 0.3) is 0 Å². The number of sulfonamides is 1. The van der Waals surface area contributed by atoms with Gasteiger partial charge in [-0.05, 0) is 43.2 Å². The van der Waals surface area contributed by atoms with Gasteiger partial charge in [0.05, 0.1) is 25.2 Å². The molecule has 1 aliphatic heterocycles. The Kier molecular flexibility index (Phi) is 4.96. The zero-order valence-corrected chi connectivity index (χ0v) is 14.9. The Bertz CT molecular complexity index is 852. The number of ether oxygens (including phenoxy) is 2. The summed E-state index contributed by atoms with van der Waals surface area (Å²) in [5.41, 5.74) is 0.798. The SMILES string of the molecule is COc1ccc([C@H]2CCCN2S(=O)(=O)c2ccc(F)cc2)c(OC)c1. The number of benzene rings is 2. The van der Waals surface area contributed by atoms with Gasteiger partial charge in [-0.2, -0.15) is 4.31 Å². The van der Waals surface area contributed by atoms with Crippen molar-refractivity contribution in [3.8, 4) is 11.5 Å². The van der Waals surface area contributed by atoms with Crippen molar-refractivity contribution in [2.45, 2.75) is 23.8 Å². The van der Waals surface area contributed by atoms with Crippen molar-refractivity contribution >= 4 is 10.0 Å². The van der Waals surface area contributed by atoms with Crippen LogP contribution in [-0.4, -0.2) is 33.5 Å². The van der Waals surface area contributed by atoms with Crippen LogP contribution in [0.3, 0.4) is 0 Å². The van der Waals surface area contributed by atoms with Crippen LogP contribution in [-0.2, 0) is 10.0 Å². The molecule has 1 saturated heterocycles. The normalized spacial score (nSPS) is 18.3. The molecule has 7 heteroatoms. The van der Waals surface area contributed by atoms with E-state index in [0.29, 0.717) is 24.5 Å². The van der Waals surface area contributed by atoms with Crippen LogP contribution in [0.1, 0.15) is 24.4 Å². The van der Waals surface area contributed by atoms with E-state index in [1.165, 1.54) is 16.4 Å². The van der Waals surface area contributed by atoms with Crippen molar-refractivity contribution in [1.82, 2.24) is 4.31 Å². The molecule has 1 atom stereocenters. The molecule has 0 unspecified atom stereocenters. The number of methoxy groups -OCH3 is 2. The Balaban J connectivity index is 1.99. The number of halogens is 1. The van der Waals surface area contributed by atoms with E-state index in [4.69, 9.17) is 9.47 Å². The molecular formula is C18H20FNO4S. The number of hydrogen-bond acceptors (Lipinski definition) is 4. The molecule has 0 amide bonds. The van der Waals surface area contributed by atoms with Crippen molar-refractivity contribution < 1.29 is 22.3 Å². The number of rotatable bonds is 5. The fourth-order valence-electron chi connectivity index (χ4n) is 3.17. The molecule has 1 aliphatic rings. The highest BCUT2D eigenvalue weighted by Crippen LogP contribution is 2.41. The second kappa shape index (κ2) is 7.01. The highest BCUT2D eigenvalue weighted by Gasteiger charge is 2.37. The Morgan fingerprint density at radius 2 is 1.80 bits per heavy atom. The Hall–Kier alpha value is -2.12. The highest BCUT2D eigenvalue weighted by atomic mass is 32.2. The molecular weight excluding hydrogens is 345 g/mol. The van der Waals surface area contributed by atoms with E-state index >= 15 is 0 Å². The molecule has 0 spiro atoms. The van der Waals surface area contributed by atoms with E-state index in [1.807, 2.05) is 6.07 Å². The topological polar surface area (TPSA) is 55.8 Å². The zero-order chi connectivity index (χ0) is 18.0. The van der Waals surface area contributed by atoms with Crippen LogP contribution in [0, 0.1) is 5.82 Å². The van der Waals surface area contributed by atoms with Gasteiger partial charge >= 0.3 is 0 Å². The molecule has 2 aromatic rings. The molecule has 0 N–H and O–H groups in total. The molecule has 2 aromatic carbocycles. The van der Waals surface area contributed by atoms with Crippen LogP contribution in [0.5, 0.6) is 11.5 Å². The van der Waals surface area contributed by atoms with E-state index in [1.54, 1.807) is 26.4 Å². The monoisotopic (exact) mass is 365 g/mol. The van der Waals surface area contributed by atoms with Crippen LogP contribution < -0.4 is 9.47 Å². The van der Waals surface area contributed by atoms with Crippen molar-refractivity contribution in [1.29, 1.82) is 0 Å². The molecule has 0 saturated carbocycles. The van der Waals surface area contributed by atoms with E-state index in [-0.39, 0.29) is 10.9 Å². The van der Waals surface area contributed by atoms with Gasteiger partial charge in [-0.15, -0.1) is 0 Å². The third kappa shape index (κ3) is 3.34. The van der Waals surface area contributed by atoms with E-state index in [9.17, 15) is 12.8 Å². The Morgan fingerprint density at radius 3 is 2.44 bits per heavy atom. The maximum atomic E-state index is 13.1. The maximum Gasteiger partial charge on any atom is 0.243 e. The van der Waals surface area contributed by atoms with Gasteiger partial charge in [0.1, 0.15) is 17.3 Å². The lowest BCUT2D eigenvalue weighted by Crippen LogP contribution is -2.30. The van der Waals surface area contributed by atoms with Gasteiger partial charge in [0.2, 0.25) is 10.0 Å². The molecule has 5 nitrogen and oxygen atoms in total. The van der Waals surface area contributed by atoms with E-state index in [0.717, 1.165) is 24.1 Å². The van der Waals surface area contributed by atoms with Crippen LogP contribution in [0.15, 0.2) is 47.4 Å². The fraction of sp³-hybridized carbons (Fsp3) is 0.333. The zero-order valence-electron chi connectivity index (χ0n) is 14.1. The summed E-state index contributed by atoms with van der Waals surface area (Å²) in [5, 5.41) is 0. The summed E-state index contributed by atoms with van der Waals surface area (Å²) in [6.07, 6.45) is 1.45. The Labute approximate surface area is 147 Å². The highest BCUT2D eigenvalue weighted by molar-refractivity contribution is 7.89. The summed E-state index contributed by atoms with van der Waals surface area (Å²) >= 11 is 0. The molecule has 3 rings (SSSR count). The molecule has 1 fully saturated rings. The largest absolute Gasteiger partial charge is 0.497 e.